The van der Waals surface area contributed by atoms with Crippen LogP contribution in [0.25, 0.3) is 11.2 Å². The lowest BCUT2D eigenvalue weighted by atomic mass is 10.1. The van der Waals surface area contributed by atoms with Crippen LogP contribution >= 0.6 is 0 Å². The molecule has 0 radical (unpaired) electrons. The van der Waals surface area contributed by atoms with E-state index in [-0.39, 0.29) is 0 Å². The predicted molar refractivity (Wildman–Crippen MR) is 61.2 cm³/mol. The van der Waals surface area contributed by atoms with Crippen molar-refractivity contribution >= 4 is 11.2 Å². The molecule has 1 fully saturated rings. The summed E-state index contributed by atoms with van der Waals surface area (Å²) in [7, 11) is 0. The molecular weight excluding hydrogens is 202 g/mol. The molecule has 3 heterocycles. The Bertz CT molecular complexity index is 441. The van der Waals surface area contributed by atoms with E-state index in [4.69, 9.17) is 4.74 Å². The Morgan fingerprint density at radius 2 is 2.50 bits per heavy atom. The highest BCUT2D eigenvalue weighted by Gasteiger charge is 2.15. The van der Waals surface area contributed by atoms with Crippen molar-refractivity contribution in [1.29, 1.82) is 0 Å². The van der Waals surface area contributed by atoms with Crippen molar-refractivity contribution < 1.29 is 4.74 Å². The number of nitrogens with one attached hydrogen (secondary N) is 1. The molecule has 1 aliphatic heterocycles. The number of aromatic nitrogens is 3. The van der Waals surface area contributed by atoms with Gasteiger partial charge in [0, 0.05) is 19.2 Å². The molecule has 0 amide bonds. The molecule has 84 valence electrons. The van der Waals surface area contributed by atoms with E-state index in [0.29, 0.717) is 6.10 Å². The van der Waals surface area contributed by atoms with Crippen LogP contribution in [-0.4, -0.2) is 27.7 Å². The summed E-state index contributed by atoms with van der Waals surface area (Å²) < 4.78 is 5.59. The van der Waals surface area contributed by atoms with Gasteiger partial charge in [0.15, 0.2) is 5.65 Å². The molecular formula is C12H15N3O. The molecule has 1 N–H and O–H groups in total. The standard InChI is InChI=1S/C12H15N3O/c1-4-10-12(13-7-1)15-11(14-10)6-5-9-3-2-8-16-9/h1,4,7,9H,2-3,5-6,8H2,(H,13,14,15). The Hall–Kier alpha value is -1.42. The van der Waals surface area contributed by atoms with Crippen LogP contribution in [0.1, 0.15) is 25.1 Å². The van der Waals surface area contributed by atoms with Crippen molar-refractivity contribution in [3.05, 3.63) is 24.2 Å². The Morgan fingerprint density at radius 3 is 3.31 bits per heavy atom. The largest absolute Gasteiger partial charge is 0.378 e. The van der Waals surface area contributed by atoms with Crippen LogP contribution in [0.5, 0.6) is 0 Å². The van der Waals surface area contributed by atoms with Gasteiger partial charge in [-0.3, -0.25) is 0 Å². The monoisotopic (exact) mass is 217 g/mol. The van der Waals surface area contributed by atoms with Crippen LogP contribution in [0, 0.1) is 0 Å². The van der Waals surface area contributed by atoms with Crippen LogP contribution in [0.15, 0.2) is 18.3 Å². The quantitative estimate of drug-likeness (QED) is 0.856. The fourth-order valence-electron chi connectivity index (χ4n) is 2.18. The van der Waals surface area contributed by atoms with Gasteiger partial charge in [-0.25, -0.2) is 9.97 Å². The van der Waals surface area contributed by atoms with Crippen LogP contribution in [0.2, 0.25) is 0 Å². The number of H-pyrrole nitrogens is 1. The number of rotatable bonds is 3. The van der Waals surface area contributed by atoms with Crippen molar-refractivity contribution in [1.82, 2.24) is 15.0 Å². The van der Waals surface area contributed by atoms with Gasteiger partial charge in [-0.15, -0.1) is 0 Å². The first-order valence-corrected chi connectivity index (χ1v) is 5.83. The fraction of sp³-hybridized carbons (Fsp3) is 0.500. The number of pyridine rings is 1. The van der Waals surface area contributed by atoms with E-state index in [9.17, 15) is 0 Å². The zero-order valence-electron chi connectivity index (χ0n) is 9.15. The molecule has 4 nitrogen and oxygen atoms in total. The van der Waals surface area contributed by atoms with Crippen LogP contribution in [0.4, 0.5) is 0 Å². The summed E-state index contributed by atoms with van der Waals surface area (Å²) in [6, 6.07) is 3.93. The van der Waals surface area contributed by atoms with E-state index < -0.39 is 0 Å². The van der Waals surface area contributed by atoms with Crippen molar-refractivity contribution in [3.63, 3.8) is 0 Å². The fourth-order valence-corrected chi connectivity index (χ4v) is 2.18. The highest BCUT2D eigenvalue weighted by Crippen LogP contribution is 2.17. The molecule has 0 aromatic carbocycles. The van der Waals surface area contributed by atoms with E-state index in [1.165, 1.54) is 12.8 Å². The molecule has 1 aliphatic rings. The minimum Gasteiger partial charge on any atom is -0.378 e. The van der Waals surface area contributed by atoms with Gasteiger partial charge < -0.3 is 9.72 Å². The Labute approximate surface area is 94.1 Å². The average molecular weight is 217 g/mol. The second-order valence-corrected chi connectivity index (χ2v) is 4.23. The molecule has 16 heavy (non-hydrogen) atoms. The summed E-state index contributed by atoms with van der Waals surface area (Å²) in [5, 5.41) is 0. The maximum atomic E-state index is 5.59. The number of hydrogen-bond acceptors (Lipinski definition) is 3. The molecule has 0 spiro atoms. The van der Waals surface area contributed by atoms with Crippen LogP contribution in [0.3, 0.4) is 0 Å². The molecule has 1 saturated heterocycles. The van der Waals surface area contributed by atoms with Gasteiger partial charge in [-0.1, -0.05) is 0 Å². The third-order valence-electron chi connectivity index (χ3n) is 3.03. The van der Waals surface area contributed by atoms with Crippen molar-refractivity contribution in [2.75, 3.05) is 6.61 Å². The van der Waals surface area contributed by atoms with E-state index >= 15 is 0 Å². The number of nitrogens with zero attached hydrogens (tertiary/aromatic N) is 2. The van der Waals surface area contributed by atoms with Gasteiger partial charge >= 0.3 is 0 Å². The highest BCUT2D eigenvalue weighted by atomic mass is 16.5. The molecule has 0 aliphatic carbocycles. The zero-order valence-corrected chi connectivity index (χ0v) is 9.15. The number of ether oxygens (including phenoxy) is 1. The van der Waals surface area contributed by atoms with Crippen molar-refractivity contribution in [3.8, 4) is 0 Å². The minimum atomic E-state index is 0.432. The van der Waals surface area contributed by atoms with Crippen LogP contribution < -0.4 is 0 Å². The lowest BCUT2D eigenvalue weighted by Crippen LogP contribution is -2.06. The summed E-state index contributed by atoms with van der Waals surface area (Å²) in [6.45, 7) is 0.923. The summed E-state index contributed by atoms with van der Waals surface area (Å²) in [6.07, 6.45) is 6.60. The highest BCUT2D eigenvalue weighted by molar-refractivity contribution is 5.69. The molecule has 2 aromatic heterocycles. The van der Waals surface area contributed by atoms with E-state index in [0.717, 1.165) is 36.4 Å². The van der Waals surface area contributed by atoms with E-state index in [2.05, 4.69) is 15.0 Å². The smallest absolute Gasteiger partial charge is 0.177 e. The topological polar surface area (TPSA) is 50.8 Å². The minimum absolute atomic E-state index is 0.432. The SMILES string of the molecule is c1cnc2nc(CCC3CCCO3)[nH]c2c1. The first-order chi connectivity index (χ1) is 7.92. The van der Waals surface area contributed by atoms with Gasteiger partial charge in [0.2, 0.25) is 0 Å². The molecule has 2 aromatic rings. The maximum Gasteiger partial charge on any atom is 0.177 e. The van der Waals surface area contributed by atoms with Gasteiger partial charge in [-0.05, 0) is 31.4 Å². The normalized spacial score (nSPS) is 20.6. The summed E-state index contributed by atoms with van der Waals surface area (Å²) in [4.78, 5) is 11.9. The number of hydrogen-bond donors (Lipinski definition) is 1. The zero-order chi connectivity index (χ0) is 10.8. The number of aromatic amines is 1. The van der Waals surface area contributed by atoms with Gasteiger partial charge in [0.1, 0.15) is 5.82 Å². The maximum absolute atomic E-state index is 5.59. The third kappa shape index (κ3) is 1.93. The van der Waals surface area contributed by atoms with Gasteiger partial charge in [0.25, 0.3) is 0 Å². The molecule has 0 saturated carbocycles. The first kappa shape index (κ1) is 9.78. The lowest BCUT2D eigenvalue weighted by molar-refractivity contribution is 0.104. The second-order valence-electron chi connectivity index (χ2n) is 4.23. The number of imidazole rings is 1. The average Bonchev–Trinajstić information content (AvgIpc) is 2.95. The second kappa shape index (κ2) is 4.22. The number of fused-ring (bicyclic) bond motifs is 1. The summed E-state index contributed by atoms with van der Waals surface area (Å²) in [5.74, 6) is 1.02. The predicted octanol–water partition coefficient (Wildman–Crippen LogP) is 2.07. The summed E-state index contributed by atoms with van der Waals surface area (Å²) >= 11 is 0. The Kier molecular flexibility index (Phi) is 2.58. The van der Waals surface area contributed by atoms with E-state index in [1.54, 1.807) is 6.20 Å². The first-order valence-electron chi connectivity index (χ1n) is 5.83. The van der Waals surface area contributed by atoms with Crippen molar-refractivity contribution in [2.24, 2.45) is 0 Å². The molecule has 1 atom stereocenters. The molecule has 1 unspecified atom stereocenters. The third-order valence-corrected chi connectivity index (χ3v) is 3.03. The molecule has 3 rings (SSSR count). The summed E-state index contributed by atoms with van der Waals surface area (Å²) in [5.41, 5.74) is 1.83. The number of aryl methyl sites for hydroxylation is 1. The van der Waals surface area contributed by atoms with E-state index in [1.807, 2.05) is 12.1 Å². The van der Waals surface area contributed by atoms with Crippen molar-refractivity contribution in [2.45, 2.75) is 31.8 Å². The lowest BCUT2D eigenvalue weighted by Gasteiger charge is -2.06. The Balaban J connectivity index is 1.69. The van der Waals surface area contributed by atoms with Gasteiger partial charge in [-0.2, -0.15) is 0 Å². The van der Waals surface area contributed by atoms with Crippen LogP contribution in [-0.2, 0) is 11.2 Å². The molecule has 0 bridgehead atoms. The van der Waals surface area contributed by atoms with Gasteiger partial charge in [0.05, 0.1) is 11.6 Å². The molecule has 4 heteroatoms. The Morgan fingerprint density at radius 1 is 1.50 bits per heavy atom.